The van der Waals surface area contributed by atoms with E-state index in [4.69, 9.17) is 5.11 Å². The predicted molar refractivity (Wildman–Crippen MR) is 71.0 cm³/mol. The van der Waals surface area contributed by atoms with Gasteiger partial charge in [-0.1, -0.05) is 6.92 Å². The lowest BCUT2D eigenvalue weighted by Crippen LogP contribution is -2.19. The Bertz CT molecular complexity index is 296. The molecule has 1 aromatic rings. The van der Waals surface area contributed by atoms with Crippen LogP contribution in [0.15, 0.2) is 12.1 Å². The van der Waals surface area contributed by atoms with Gasteiger partial charge in [0, 0.05) is 15.8 Å². The molecule has 2 atom stereocenters. The monoisotopic (exact) mass is 241 g/mol. The molecule has 0 saturated carbocycles. The highest BCUT2D eigenvalue weighted by Gasteiger charge is 2.07. The highest BCUT2D eigenvalue weighted by Crippen LogP contribution is 2.23. The van der Waals surface area contributed by atoms with Crippen LogP contribution in [0.25, 0.3) is 0 Å². The van der Waals surface area contributed by atoms with Crippen molar-refractivity contribution in [3.63, 3.8) is 0 Å². The molecule has 3 heteroatoms. The SMILES string of the molecule is CCc1ccc(C(C)NCCCC(C)O)s1. The largest absolute Gasteiger partial charge is 0.393 e. The Morgan fingerprint density at radius 2 is 2.12 bits per heavy atom. The third-order valence-corrected chi connectivity index (χ3v) is 4.12. The second-order valence-electron chi connectivity index (χ2n) is 4.32. The van der Waals surface area contributed by atoms with Crippen LogP contribution in [0.3, 0.4) is 0 Å². The molecule has 16 heavy (non-hydrogen) atoms. The first kappa shape index (κ1) is 13.7. The fourth-order valence-electron chi connectivity index (χ4n) is 1.63. The van der Waals surface area contributed by atoms with E-state index in [-0.39, 0.29) is 6.10 Å². The van der Waals surface area contributed by atoms with E-state index >= 15 is 0 Å². The molecule has 0 aliphatic heterocycles. The van der Waals surface area contributed by atoms with E-state index in [1.54, 1.807) is 0 Å². The zero-order chi connectivity index (χ0) is 12.0. The maximum atomic E-state index is 9.14. The molecule has 0 aromatic carbocycles. The number of aliphatic hydroxyl groups is 1. The molecule has 0 amide bonds. The highest BCUT2D eigenvalue weighted by atomic mass is 32.1. The molecule has 2 nitrogen and oxygen atoms in total. The second kappa shape index (κ2) is 7.05. The van der Waals surface area contributed by atoms with E-state index in [1.165, 1.54) is 9.75 Å². The quantitative estimate of drug-likeness (QED) is 0.719. The van der Waals surface area contributed by atoms with Gasteiger partial charge in [-0.3, -0.25) is 0 Å². The first-order chi connectivity index (χ1) is 7.63. The molecule has 1 heterocycles. The third kappa shape index (κ3) is 4.64. The molecule has 1 aromatic heterocycles. The summed E-state index contributed by atoms with van der Waals surface area (Å²) >= 11 is 1.89. The molecule has 0 aliphatic carbocycles. The molecule has 0 aliphatic rings. The van der Waals surface area contributed by atoms with Gasteiger partial charge in [0.15, 0.2) is 0 Å². The van der Waals surface area contributed by atoms with E-state index < -0.39 is 0 Å². The maximum absolute atomic E-state index is 9.14. The van der Waals surface area contributed by atoms with Gasteiger partial charge in [-0.2, -0.15) is 0 Å². The lowest BCUT2D eigenvalue weighted by Gasteiger charge is -2.12. The average molecular weight is 241 g/mol. The summed E-state index contributed by atoms with van der Waals surface area (Å²) in [5, 5.41) is 12.6. The molecule has 0 spiro atoms. The predicted octanol–water partition coefficient (Wildman–Crippen LogP) is 3.12. The van der Waals surface area contributed by atoms with Crippen LogP contribution in [-0.4, -0.2) is 17.8 Å². The van der Waals surface area contributed by atoms with Crippen LogP contribution in [0.4, 0.5) is 0 Å². The van der Waals surface area contributed by atoms with Crippen molar-refractivity contribution in [2.24, 2.45) is 0 Å². The van der Waals surface area contributed by atoms with Crippen molar-refractivity contribution in [3.8, 4) is 0 Å². The van der Waals surface area contributed by atoms with Gasteiger partial charge in [0.2, 0.25) is 0 Å². The molecule has 92 valence electrons. The number of nitrogens with one attached hydrogen (secondary N) is 1. The van der Waals surface area contributed by atoms with E-state index in [9.17, 15) is 0 Å². The number of thiophene rings is 1. The minimum atomic E-state index is -0.175. The molecular weight excluding hydrogens is 218 g/mol. The summed E-state index contributed by atoms with van der Waals surface area (Å²) in [6.45, 7) is 7.21. The third-order valence-electron chi connectivity index (χ3n) is 2.71. The summed E-state index contributed by atoms with van der Waals surface area (Å²) in [5.41, 5.74) is 0. The van der Waals surface area contributed by atoms with E-state index in [0.29, 0.717) is 6.04 Å². The van der Waals surface area contributed by atoms with Crippen molar-refractivity contribution in [2.75, 3.05) is 6.54 Å². The number of hydrogen-bond donors (Lipinski definition) is 2. The van der Waals surface area contributed by atoms with Gasteiger partial charge in [0.25, 0.3) is 0 Å². The Morgan fingerprint density at radius 1 is 1.38 bits per heavy atom. The normalized spacial score (nSPS) is 15.0. The molecule has 2 N–H and O–H groups in total. The Morgan fingerprint density at radius 3 is 2.69 bits per heavy atom. The van der Waals surface area contributed by atoms with Crippen LogP contribution in [0.5, 0.6) is 0 Å². The molecule has 2 unspecified atom stereocenters. The topological polar surface area (TPSA) is 32.3 Å². The van der Waals surface area contributed by atoms with Crippen molar-refractivity contribution >= 4 is 11.3 Å². The summed E-state index contributed by atoms with van der Waals surface area (Å²) in [6.07, 6.45) is 2.86. The lowest BCUT2D eigenvalue weighted by atomic mass is 10.2. The Hall–Kier alpha value is -0.380. The van der Waals surface area contributed by atoms with Crippen LogP contribution in [0, 0.1) is 0 Å². The first-order valence-electron chi connectivity index (χ1n) is 6.13. The van der Waals surface area contributed by atoms with Gasteiger partial charge in [0.05, 0.1) is 6.10 Å². The minimum absolute atomic E-state index is 0.175. The zero-order valence-corrected chi connectivity index (χ0v) is 11.3. The van der Waals surface area contributed by atoms with E-state index in [0.717, 1.165) is 25.8 Å². The summed E-state index contributed by atoms with van der Waals surface area (Å²) in [6, 6.07) is 4.86. The van der Waals surface area contributed by atoms with Gasteiger partial charge in [0.1, 0.15) is 0 Å². The second-order valence-corrected chi connectivity index (χ2v) is 5.52. The van der Waals surface area contributed by atoms with E-state index in [2.05, 4.69) is 31.3 Å². The lowest BCUT2D eigenvalue weighted by molar-refractivity contribution is 0.181. The molecule has 0 fully saturated rings. The molecule has 1 rings (SSSR count). The summed E-state index contributed by atoms with van der Waals surface area (Å²) in [7, 11) is 0. The van der Waals surface area contributed by atoms with Crippen molar-refractivity contribution in [2.45, 2.75) is 52.2 Å². The molecule has 0 radical (unpaired) electrons. The summed E-state index contributed by atoms with van der Waals surface area (Å²) < 4.78 is 0. The van der Waals surface area contributed by atoms with Crippen molar-refractivity contribution in [1.29, 1.82) is 0 Å². The average Bonchev–Trinajstić information content (AvgIpc) is 2.72. The first-order valence-corrected chi connectivity index (χ1v) is 6.95. The van der Waals surface area contributed by atoms with Crippen LogP contribution in [0.1, 0.15) is 49.4 Å². The molecule has 0 bridgehead atoms. The maximum Gasteiger partial charge on any atom is 0.0512 e. The number of aliphatic hydroxyl groups excluding tert-OH is 1. The number of aryl methyl sites for hydroxylation is 1. The van der Waals surface area contributed by atoms with Crippen LogP contribution >= 0.6 is 11.3 Å². The van der Waals surface area contributed by atoms with Crippen molar-refractivity contribution < 1.29 is 5.11 Å². The molecular formula is C13H23NOS. The zero-order valence-electron chi connectivity index (χ0n) is 10.5. The van der Waals surface area contributed by atoms with Crippen LogP contribution < -0.4 is 5.32 Å². The molecule has 0 saturated heterocycles. The Labute approximate surface area is 103 Å². The fourth-order valence-corrected chi connectivity index (χ4v) is 2.61. The van der Waals surface area contributed by atoms with Gasteiger partial charge in [-0.25, -0.2) is 0 Å². The number of rotatable bonds is 7. The van der Waals surface area contributed by atoms with Gasteiger partial charge < -0.3 is 10.4 Å². The highest BCUT2D eigenvalue weighted by molar-refractivity contribution is 7.12. The van der Waals surface area contributed by atoms with Crippen molar-refractivity contribution in [3.05, 3.63) is 21.9 Å². The standard InChI is InChI=1S/C13H23NOS/c1-4-12-7-8-13(16-12)11(3)14-9-5-6-10(2)15/h7-8,10-11,14-15H,4-6,9H2,1-3H3. The van der Waals surface area contributed by atoms with Gasteiger partial charge >= 0.3 is 0 Å². The summed E-state index contributed by atoms with van der Waals surface area (Å²) in [4.78, 5) is 2.86. The smallest absolute Gasteiger partial charge is 0.0512 e. The minimum Gasteiger partial charge on any atom is -0.393 e. The number of hydrogen-bond acceptors (Lipinski definition) is 3. The van der Waals surface area contributed by atoms with Gasteiger partial charge in [-0.15, -0.1) is 11.3 Å². The fraction of sp³-hybridized carbons (Fsp3) is 0.692. The Kier molecular flexibility index (Phi) is 6.03. The van der Waals surface area contributed by atoms with Gasteiger partial charge in [-0.05, 0) is 51.8 Å². The van der Waals surface area contributed by atoms with Crippen LogP contribution in [-0.2, 0) is 6.42 Å². The Balaban J connectivity index is 2.26. The summed E-state index contributed by atoms with van der Waals surface area (Å²) in [5.74, 6) is 0. The van der Waals surface area contributed by atoms with E-state index in [1.807, 2.05) is 18.3 Å². The van der Waals surface area contributed by atoms with Crippen LogP contribution in [0.2, 0.25) is 0 Å². The van der Waals surface area contributed by atoms with Crippen molar-refractivity contribution in [1.82, 2.24) is 5.32 Å².